The van der Waals surface area contributed by atoms with Crippen molar-refractivity contribution in [2.24, 2.45) is 5.92 Å². The first-order valence-corrected chi connectivity index (χ1v) is 10.5. The van der Waals surface area contributed by atoms with E-state index in [1.807, 2.05) is 6.92 Å². The summed E-state index contributed by atoms with van der Waals surface area (Å²) in [5.41, 5.74) is 0. The van der Waals surface area contributed by atoms with Crippen LogP contribution in [0.3, 0.4) is 0 Å². The number of rotatable bonds is 7. The van der Waals surface area contributed by atoms with Gasteiger partial charge in [0.1, 0.15) is 0 Å². The van der Waals surface area contributed by atoms with Crippen molar-refractivity contribution in [2.75, 3.05) is 40.8 Å². The lowest BCUT2D eigenvalue weighted by molar-refractivity contribution is -0.138. The summed E-state index contributed by atoms with van der Waals surface area (Å²) >= 11 is 0. The molecule has 0 saturated carbocycles. The molecule has 0 aromatic carbocycles. The van der Waals surface area contributed by atoms with Gasteiger partial charge < -0.3 is 15.1 Å². The Bertz CT molecular complexity index is 695. The molecule has 2 heterocycles. The smallest absolute Gasteiger partial charge is 0.279 e. The average Bonchev–Trinajstić information content (AvgIpc) is 3.10. The Morgan fingerprint density at radius 3 is 2.44 bits per heavy atom. The Kier molecular flexibility index (Phi) is 6.82. The van der Waals surface area contributed by atoms with Gasteiger partial charge in [-0.1, -0.05) is 0 Å². The lowest BCUT2D eigenvalue weighted by Gasteiger charge is -2.26. The fraction of sp³-hybridized carbons (Fsp3) is 0.812. The van der Waals surface area contributed by atoms with E-state index in [-0.39, 0.29) is 42.8 Å². The van der Waals surface area contributed by atoms with Gasteiger partial charge in [0.2, 0.25) is 17.7 Å². The molecule has 2 aliphatic heterocycles. The van der Waals surface area contributed by atoms with Crippen LogP contribution in [0.15, 0.2) is 0 Å². The third kappa shape index (κ3) is 5.17. The van der Waals surface area contributed by atoms with Crippen LogP contribution in [0.1, 0.15) is 26.2 Å². The summed E-state index contributed by atoms with van der Waals surface area (Å²) in [7, 11) is 0.813. The SMILES string of the molecule is C[C@@H]1[C@@H](NC(=O)CNS(=O)(=O)N(C)C)CCN1C(=O)CC1CCN(C)C1=O. The maximum atomic E-state index is 12.6. The van der Waals surface area contributed by atoms with E-state index in [0.29, 0.717) is 25.9 Å². The number of hydrogen-bond acceptors (Lipinski definition) is 5. The zero-order valence-electron chi connectivity index (χ0n) is 16.3. The second-order valence-electron chi connectivity index (χ2n) is 7.35. The highest BCUT2D eigenvalue weighted by Gasteiger charge is 2.38. The molecule has 2 saturated heterocycles. The van der Waals surface area contributed by atoms with Gasteiger partial charge in [-0.15, -0.1) is 0 Å². The van der Waals surface area contributed by atoms with Crippen LogP contribution in [0, 0.1) is 5.92 Å². The van der Waals surface area contributed by atoms with Crippen LogP contribution in [0.2, 0.25) is 0 Å². The van der Waals surface area contributed by atoms with Gasteiger partial charge in [-0.2, -0.15) is 17.4 Å². The second-order valence-corrected chi connectivity index (χ2v) is 9.32. The second kappa shape index (κ2) is 8.53. The van der Waals surface area contributed by atoms with Crippen molar-refractivity contribution in [1.29, 1.82) is 0 Å². The van der Waals surface area contributed by atoms with Crippen molar-refractivity contribution in [2.45, 2.75) is 38.3 Å². The molecule has 2 aliphatic rings. The first-order valence-electron chi connectivity index (χ1n) is 9.04. The van der Waals surface area contributed by atoms with Gasteiger partial charge in [0.05, 0.1) is 12.6 Å². The Labute approximate surface area is 160 Å². The number of amides is 3. The molecular formula is C16H29N5O5S. The normalized spacial score (nSPS) is 26.1. The van der Waals surface area contributed by atoms with E-state index in [4.69, 9.17) is 0 Å². The first kappa shape index (κ1) is 21.6. The van der Waals surface area contributed by atoms with Gasteiger partial charge in [-0.05, 0) is 19.8 Å². The van der Waals surface area contributed by atoms with Crippen LogP contribution in [-0.4, -0.2) is 93.1 Å². The number of nitrogens with zero attached hydrogens (tertiary/aromatic N) is 3. The molecule has 2 rings (SSSR count). The molecule has 0 bridgehead atoms. The first-order chi connectivity index (χ1) is 12.5. The van der Waals surface area contributed by atoms with Crippen LogP contribution in [0.25, 0.3) is 0 Å². The van der Waals surface area contributed by atoms with Gasteiger partial charge in [-0.3, -0.25) is 14.4 Å². The topological polar surface area (TPSA) is 119 Å². The molecule has 3 atom stereocenters. The Hall–Kier alpha value is -1.72. The van der Waals surface area contributed by atoms with E-state index in [9.17, 15) is 22.8 Å². The number of likely N-dealkylation sites (tertiary alicyclic amines) is 2. The zero-order valence-corrected chi connectivity index (χ0v) is 17.1. The van der Waals surface area contributed by atoms with Crippen molar-refractivity contribution in [3.05, 3.63) is 0 Å². The maximum Gasteiger partial charge on any atom is 0.279 e. The van der Waals surface area contributed by atoms with Crippen molar-refractivity contribution in [3.8, 4) is 0 Å². The van der Waals surface area contributed by atoms with Gasteiger partial charge in [-0.25, -0.2) is 0 Å². The third-order valence-corrected chi connectivity index (χ3v) is 6.75. The molecule has 27 heavy (non-hydrogen) atoms. The van der Waals surface area contributed by atoms with E-state index in [0.717, 1.165) is 4.31 Å². The van der Waals surface area contributed by atoms with Crippen molar-refractivity contribution < 1.29 is 22.8 Å². The fourth-order valence-electron chi connectivity index (χ4n) is 3.44. The maximum absolute atomic E-state index is 12.6. The summed E-state index contributed by atoms with van der Waals surface area (Å²) in [5.74, 6) is -0.780. The molecule has 154 valence electrons. The van der Waals surface area contributed by atoms with Gasteiger partial charge in [0.15, 0.2) is 0 Å². The average molecular weight is 404 g/mol. The largest absolute Gasteiger partial charge is 0.350 e. The third-order valence-electron chi connectivity index (χ3n) is 5.28. The molecule has 0 aromatic heterocycles. The molecule has 11 heteroatoms. The minimum atomic E-state index is -3.67. The Balaban J connectivity index is 1.83. The van der Waals surface area contributed by atoms with Crippen LogP contribution in [0.5, 0.6) is 0 Å². The van der Waals surface area contributed by atoms with Crippen LogP contribution in [0.4, 0.5) is 0 Å². The minimum absolute atomic E-state index is 0.00762. The molecule has 0 aliphatic carbocycles. The predicted molar refractivity (Wildman–Crippen MR) is 98.7 cm³/mol. The highest BCUT2D eigenvalue weighted by Crippen LogP contribution is 2.24. The molecule has 2 fully saturated rings. The van der Waals surface area contributed by atoms with E-state index < -0.39 is 16.1 Å². The standard InChI is InChI=1S/C16H29N5O5S/c1-11-13(18-14(22)10-17-27(25,26)19(2)3)6-8-21(11)15(23)9-12-5-7-20(4)16(12)24/h11-13,17H,5-10H2,1-4H3,(H,18,22)/t11-,12?,13+/m1/s1. The number of hydrogen-bond donors (Lipinski definition) is 2. The molecular weight excluding hydrogens is 374 g/mol. The fourth-order valence-corrected chi connectivity index (χ4v) is 4.01. The highest BCUT2D eigenvalue weighted by molar-refractivity contribution is 7.87. The quantitative estimate of drug-likeness (QED) is 0.528. The Morgan fingerprint density at radius 1 is 1.22 bits per heavy atom. The zero-order chi connectivity index (χ0) is 20.4. The van der Waals surface area contributed by atoms with E-state index >= 15 is 0 Å². The monoisotopic (exact) mass is 403 g/mol. The Morgan fingerprint density at radius 2 is 1.89 bits per heavy atom. The summed E-state index contributed by atoms with van der Waals surface area (Å²) in [6.07, 6.45) is 1.48. The predicted octanol–water partition coefficient (Wildman–Crippen LogP) is -1.64. The van der Waals surface area contributed by atoms with Gasteiger partial charge in [0.25, 0.3) is 10.2 Å². The summed E-state index contributed by atoms with van der Waals surface area (Å²) in [4.78, 5) is 39.9. The van der Waals surface area contributed by atoms with E-state index in [1.54, 1.807) is 16.8 Å². The molecule has 2 N–H and O–H groups in total. The number of carbonyl (C=O) groups excluding carboxylic acids is 3. The molecule has 1 unspecified atom stereocenters. The van der Waals surface area contributed by atoms with Crippen molar-refractivity contribution in [3.63, 3.8) is 0 Å². The van der Waals surface area contributed by atoms with Gasteiger partial charge in [0, 0.05) is 52.6 Å². The molecule has 3 amide bonds. The van der Waals surface area contributed by atoms with E-state index in [1.165, 1.54) is 14.1 Å². The molecule has 0 radical (unpaired) electrons. The van der Waals surface area contributed by atoms with Crippen LogP contribution in [-0.2, 0) is 24.6 Å². The lowest BCUT2D eigenvalue weighted by Crippen LogP contribution is -2.49. The molecule has 10 nitrogen and oxygen atoms in total. The molecule has 0 spiro atoms. The summed E-state index contributed by atoms with van der Waals surface area (Å²) in [6, 6.07) is -0.451. The summed E-state index contributed by atoms with van der Waals surface area (Å²) in [5, 5.41) is 2.78. The lowest BCUT2D eigenvalue weighted by atomic mass is 10.0. The van der Waals surface area contributed by atoms with E-state index in [2.05, 4.69) is 10.0 Å². The van der Waals surface area contributed by atoms with Gasteiger partial charge >= 0.3 is 0 Å². The molecule has 0 aromatic rings. The van der Waals surface area contributed by atoms with Crippen molar-refractivity contribution in [1.82, 2.24) is 24.1 Å². The minimum Gasteiger partial charge on any atom is -0.350 e. The number of carbonyl (C=O) groups is 3. The summed E-state index contributed by atoms with van der Waals surface area (Å²) in [6.45, 7) is 2.67. The van der Waals surface area contributed by atoms with Crippen LogP contribution < -0.4 is 10.0 Å². The highest BCUT2D eigenvalue weighted by atomic mass is 32.2. The van der Waals surface area contributed by atoms with Crippen molar-refractivity contribution >= 4 is 27.9 Å². The van der Waals surface area contributed by atoms with Crippen LogP contribution >= 0.6 is 0 Å². The summed E-state index contributed by atoms with van der Waals surface area (Å²) < 4.78 is 26.5. The number of nitrogens with one attached hydrogen (secondary N) is 2.